The summed E-state index contributed by atoms with van der Waals surface area (Å²) in [6.45, 7) is 7.06. The van der Waals surface area contributed by atoms with Crippen LogP contribution in [-0.4, -0.2) is 49.1 Å². The zero-order valence-electron chi connectivity index (χ0n) is 12.5. The summed E-state index contributed by atoms with van der Waals surface area (Å²) in [5.74, 6) is 0.562. The Morgan fingerprint density at radius 2 is 2.05 bits per heavy atom. The van der Waals surface area contributed by atoms with Gasteiger partial charge in [-0.2, -0.15) is 12.7 Å². The van der Waals surface area contributed by atoms with Gasteiger partial charge >= 0.3 is 10.2 Å². The molecule has 0 amide bonds. The maximum Gasteiger partial charge on any atom is 0.303 e. The molecule has 0 spiro atoms. The largest absolute Gasteiger partial charge is 0.316 e. The van der Waals surface area contributed by atoms with Crippen LogP contribution in [0.5, 0.6) is 0 Å². The smallest absolute Gasteiger partial charge is 0.303 e. The summed E-state index contributed by atoms with van der Waals surface area (Å²) in [6, 6.07) is 0. The number of hydrogen-bond donors (Lipinski definition) is 2. The van der Waals surface area contributed by atoms with Crippen molar-refractivity contribution in [1.82, 2.24) is 19.8 Å². The molecule has 1 saturated heterocycles. The van der Waals surface area contributed by atoms with Crippen molar-refractivity contribution in [3.63, 3.8) is 0 Å². The molecule has 0 radical (unpaired) electrons. The Balaban J connectivity index is 1.83. The van der Waals surface area contributed by atoms with Crippen LogP contribution in [0.3, 0.4) is 0 Å². The SMILES string of the molecule is CCCNCC1CCN(S(=O)(=O)Nc2nnc(C)s2)CC1. The fraction of sp³-hybridized carbons (Fsp3) is 0.833. The Bertz CT molecular complexity index is 538. The van der Waals surface area contributed by atoms with Gasteiger partial charge in [-0.1, -0.05) is 18.3 Å². The van der Waals surface area contributed by atoms with E-state index in [-0.39, 0.29) is 0 Å². The van der Waals surface area contributed by atoms with Gasteiger partial charge < -0.3 is 5.32 Å². The summed E-state index contributed by atoms with van der Waals surface area (Å²) in [5.41, 5.74) is 0. The summed E-state index contributed by atoms with van der Waals surface area (Å²) in [5, 5.41) is 12.1. The van der Waals surface area contributed by atoms with E-state index in [0.717, 1.165) is 37.4 Å². The van der Waals surface area contributed by atoms with Crippen LogP contribution in [0.15, 0.2) is 0 Å². The number of hydrogen-bond acceptors (Lipinski definition) is 6. The highest BCUT2D eigenvalue weighted by atomic mass is 32.2. The van der Waals surface area contributed by atoms with E-state index in [2.05, 4.69) is 27.2 Å². The summed E-state index contributed by atoms with van der Waals surface area (Å²) >= 11 is 1.24. The lowest BCUT2D eigenvalue weighted by molar-refractivity contribution is 0.269. The lowest BCUT2D eigenvalue weighted by Crippen LogP contribution is -2.43. The van der Waals surface area contributed by atoms with Gasteiger partial charge in [0.1, 0.15) is 5.01 Å². The fourth-order valence-electron chi connectivity index (χ4n) is 2.35. The molecule has 0 aromatic carbocycles. The second-order valence-electron chi connectivity index (χ2n) is 5.28. The average Bonchev–Trinajstić information content (AvgIpc) is 2.84. The minimum atomic E-state index is -3.50. The van der Waals surface area contributed by atoms with Gasteiger partial charge in [-0.25, -0.2) is 4.72 Å². The molecule has 120 valence electrons. The second-order valence-corrected chi connectivity index (χ2v) is 8.13. The first-order chi connectivity index (χ1) is 10.0. The molecule has 0 bridgehead atoms. The molecule has 21 heavy (non-hydrogen) atoms. The van der Waals surface area contributed by atoms with Crippen molar-refractivity contribution >= 4 is 26.7 Å². The molecule has 1 aliphatic heterocycles. The highest BCUT2D eigenvalue weighted by Gasteiger charge is 2.28. The summed E-state index contributed by atoms with van der Waals surface area (Å²) in [6.07, 6.45) is 2.91. The maximum absolute atomic E-state index is 12.3. The molecule has 0 unspecified atom stereocenters. The van der Waals surface area contributed by atoms with Gasteiger partial charge in [-0.3, -0.25) is 0 Å². The number of nitrogens with one attached hydrogen (secondary N) is 2. The van der Waals surface area contributed by atoms with Crippen molar-refractivity contribution < 1.29 is 8.42 Å². The minimum Gasteiger partial charge on any atom is -0.316 e. The molecule has 0 aliphatic carbocycles. The third-order valence-corrected chi connectivity index (χ3v) is 5.90. The second kappa shape index (κ2) is 7.48. The van der Waals surface area contributed by atoms with Gasteiger partial charge in [-0.15, -0.1) is 10.2 Å². The van der Waals surface area contributed by atoms with E-state index in [9.17, 15) is 8.42 Å². The first kappa shape index (κ1) is 16.6. The predicted molar refractivity (Wildman–Crippen MR) is 84.6 cm³/mol. The normalized spacial score (nSPS) is 18.0. The summed E-state index contributed by atoms with van der Waals surface area (Å²) in [4.78, 5) is 0. The van der Waals surface area contributed by atoms with Crippen LogP contribution < -0.4 is 10.0 Å². The van der Waals surface area contributed by atoms with Crippen LogP contribution in [-0.2, 0) is 10.2 Å². The average molecular weight is 333 g/mol. The third-order valence-electron chi connectivity index (χ3n) is 3.52. The molecule has 0 saturated carbocycles. The van der Waals surface area contributed by atoms with E-state index >= 15 is 0 Å². The first-order valence-electron chi connectivity index (χ1n) is 7.30. The van der Waals surface area contributed by atoms with Gasteiger partial charge in [0.25, 0.3) is 0 Å². The predicted octanol–water partition coefficient (Wildman–Crippen LogP) is 1.21. The van der Waals surface area contributed by atoms with Gasteiger partial charge in [0.2, 0.25) is 5.13 Å². The van der Waals surface area contributed by atoms with Gasteiger partial charge in [-0.05, 0) is 45.2 Å². The summed E-state index contributed by atoms with van der Waals surface area (Å²) in [7, 11) is -3.50. The molecule has 1 fully saturated rings. The molecule has 7 nitrogen and oxygen atoms in total. The molecule has 2 heterocycles. The zero-order valence-corrected chi connectivity index (χ0v) is 14.1. The van der Waals surface area contributed by atoms with Crippen molar-refractivity contribution in [3.05, 3.63) is 5.01 Å². The maximum atomic E-state index is 12.3. The van der Waals surface area contributed by atoms with Crippen LogP contribution in [0, 0.1) is 12.8 Å². The van der Waals surface area contributed by atoms with E-state index in [0.29, 0.717) is 24.1 Å². The Labute approximate surface area is 130 Å². The molecule has 9 heteroatoms. The van der Waals surface area contributed by atoms with Crippen LogP contribution in [0.2, 0.25) is 0 Å². The standard InChI is InChI=1S/C12H23N5O2S2/c1-3-6-13-9-11-4-7-17(8-5-11)21(18,19)16-12-15-14-10(2)20-12/h11,13H,3-9H2,1-2H3,(H,15,16). The lowest BCUT2D eigenvalue weighted by Gasteiger charge is -2.31. The van der Waals surface area contributed by atoms with E-state index < -0.39 is 10.2 Å². The molecule has 1 aliphatic rings. The van der Waals surface area contributed by atoms with E-state index in [4.69, 9.17) is 0 Å². The first-order valence-corrected chi connectivity index (χ1v) is 9.55. The Kier molecular flexibility index (Phi) is 5.91. The van der Waals surface area contributed by atoms with Gasteiger partial charge in [0, 0.05) is 13.1 Å². The number of aromatic nitrogens is 2. The number of rotatable bonds is 7. The number of aryl methyl sites for hydroxylation is 1. The molecular formula is C12H23N5O2S2. The van der Waals surface area contributed by atoms with E-state index in [1.807, 2.05) is 0 Å². The van der Waals surface area contributed by atoms with Crippen LogP contribution in [0.1, 0.15) is 31.2 Å². The van der Waals surface area contributed by atoms with Crippen molar-refractivity contribution in [2.45, 2.75) is 33.1 Å². The van der Waals surface area contributed by atoms with Crippen molar-refractivity contribution in [1.29, 1.82) is 0 Å². The molecule has 2 rings (SSSR count). The quantitative estimate of drug-likeness (QED) is 0.733. The topological polar surface area (TPSA) is 87.2 Å². The van der Waals surface area contributed by atoms with E-state index in [1.165, 1.54) is 15.6 Å². The molecule has 1 aromatic heterocycles. The summed E-state index contributed by atoms with van der Waals surface area (Å²) < 4.78 is 28.5. The Morgan fingerprint density at radius 3 is 2.62 bits per heavy atom. The fourth-order valence-corrected chi connectivity index (χ4v) is 4.36. The Morgan fingerprint density at radius 1 is 1.33 bits per heavy atom. The highest BCUT2D eigenvalue weighted by Crippen LogP contribution is 2.21. The van der Waals surface area contributed by atoms with Crippen molar-refractivity contribution in [2.24, 2.45) is 5.92 Å². The van der Waals surface area contributed by atoms with E-state index in [1.54, 1.807) is 6.92 Å². The van der Waals surface area contributed by atoms with Crippen molar-refractivity contribution in [3.8, 4) is 0 Å². The molecule has 1 aromatic rings. The highest BCUT2D eigenvalue weighted by molar-refractivity contribution is 7.90. The van der Waals surface area contributed by atoms with Crippen LogP contribution >= 0.6 is 11.3 Å². The Hall–Kier alpha value is -0.770. The van der Waals surface area contributed by atoms with Gasteiger partial charge in [0.05, 0.1) is 0 Å². The van der Waals surface area contributed by atoms with Crippen LogP contribution in [0.4, 0.5) is 5.13 Å². The minimum absolute atomic E-state index is 0.333. The molecule has 2 N–H and O–H groups in total. The third kappa shape index (κ3) is 4.87. The van der Waals surface area contributed by atoms with Crippen molar-refractivity contribution in [2.75, 3.05) is 30.9 Å². The monoisotopic (exact) mass is 333 g/mol. The zero-order chi connectivity index (χ0) is 15.3. The van der Waals surface area contributed by atoms with Crippen LogP contribution in [0.25, 0.3) is 0 Å². The number of nitrogens with zero attached hydrogens (tertiary/aromatic N) is 3. The molecule has 0 atom stereocenters. The number of piperidine rings is 1. The molecular weight excluding hydrogens is 310 g/mol. The lowest BCUT2D eigenvalue weighted by atomic mass is 9.98. The number of anilines is 1. The van der Waals surface area contributed by atoms with Gasteiger partial charge in [0.15, 0.2) is 0 Å².